The third-order valence-electron chi connectivity index (χ3n) is 4.52. The first-order valence-corrected chi connectivity index (χ1v) is 8.88. The van der Waals surface area contributed by atoms with Crippen LogP contribution in [-0.4, -0.2) is 37.0 Å². The average Bonchev–Trinajstić information content (AvgIpc) is 2.62. The molecule has 25 heavy (non-hydrogen) atoms. The number of methoxy groups -OCH3 is 1. The molecule has 1 aliphatic rings. The van der Waals surface area contributed by atoms with Gasteiger partial charge in [0.25, 0.3) is 0 Å². The number of ether oxygens (including phenoxy) is 1. The van der Waals surface area contributed by atoms with Gasteiger partial charge in [-0.25, -0.2) is 0 Å². The smallest absolute Gasteiger partial charge is 0.244 e. The highest BCUT2D eigenvalue weighted by atomic mass is 35.5. The zero-order chi connectivity index (χ0) is 18.0. The summed E-state index contributed by atoms with van der Waals surface area (Å²) in [6.07, 6.45) is 0. The number of carbonyl (C=O) groups is 1. The van der Waals surface area contributed by atoms with E-state index in [0.717, 1.165) is 23.5 Å². The minimum Gasteiger partial charge on any atom is -0.497 e. The molecule has 0 unspecified atom stereocenters. The Labute approximate surface area is 157 Å². The number of rotatable bonds is 4. The fraction of sp³-hybridized carbons (Fsp3) is 0.316. The minimum atomic E-state index is -0.214. The Bertz CT molecular complexity index is 782. The predicted octanol–water partition coefficient (Wildman–Crippen LogP) is 4.24. The number of anilines is 1. The van der Waals surface area contributed by atoms with Crippen molar-refractivity contribution in [2.75, 3.05) is 25.1 Å². The maximum absolute atomic E-state index is 12.8. The van der Waals surface area contributed by atoms with Crippen molar-refractivity contribution in [1.29, 1.82) is 0 Å². The van der Waals surface area contributed by atoms with E-state index >= 15 is 0 Å². The van der Waals surface area contributed by atoms with E-state index in [0.29, 0.717) is 23.1 Å². The molecule has 132 valence electrons. The van der Waals surface area contributed by atoms with Gasteiger partial charge >= 0.3 is 0 Å². The second kappa shape index (κ2) is 7.65. The van der Waals surface area contributed by atoms with Gasteiger partial charge in [0.15, 0.2) is 0 Å². The second-order valence-corrected chi connectivity index (χ2v) is 6.90. The van der Waals surface area contributed by atoms with Crippen LogP contribution in [0.3, 0.4) is 0 Å². The van der Waals surface area contributed by atoms with Crippen molar-refractivity contribution >= 4 is 34.8 Å². The van der Waals surface area contributed by atoms with Gasteiger partial charge < -0.3 is 9.64 Å². The predicted molar refractivity (Wildman–Crippen MR) is 102 cm³/mol. The first-order chi connectivity index (χ1) is 12.0. The summed E-state index contributed by atoms with van der Waals surface area (Å²) in [7, 11) is 1.65. The fourth-order valence-corrected chi connectivity index (χ4v) is 3.34. The molecule has 2 aromatic carbocycles. The summed E-state index contributed by atoms with van der Waals surface area (Å²) in [6.45, 7) is 4.04. The zero-order valence-corrected chi connectivity index (χ0v) is 15.7. The lowest BCUT2D eigenvalue weighted by Gasteiger charge is -2.39. The van der Waals surface area contributed by atoms with Crippen LogP contribution in [0.25, 0.3) is 0 Å². The van der Waals surface area contributed by atoms with Gasteiger partial charge in [-0.15, -0.1) is 0 Å². The summed E-state index contributed by atoms with van der Waals surface area (Å²) in [5, 5.41) is 0.945. The lowest BCUT2D eigenvalue weighted by Crippen LogP contribution is -2.55. The molecule has 3 rings (SSSR count). The van der Waals surface area contributed by atoms with Crippen LogP contribution in [0, 0.1) is 0 Å². The van der Waals surface area contributed by atoms with Gasteiger partial charge in [0.1, 0.15) is 5.75 Å². The van der Waals surface area contributed by atoms with Crippen LogP contribution in [0.4, 0.5) is 5.69 Å². The van der Waals surface area contributed by atoms with E-state index in [1.807, 2.05) is 37.3 Å². The highest BCUT2D eigenvalue weighted by Gasteiger charge is 2.32. The number of halogens is 2. The molecular weight excluding hydrogens is 359 g/mol. The standard InChI is InChI=1S/C19H20Cl2N2O2/c1-13-19(24)23(15-6-7-17(20)18(21)11-15)9-8-22(13)12-14-4-3-5-16(10-14)25-2/h3-7,10-11,13H,8-9,12H2,1-2H3/t13-/m0/s1. The number of hydrogen-bond donors (Lipinski definition) is 0. The SMILES string of the molecule is COc1cccc(CN2CCN(c3ccc(Cl)c(Cl)c3)C(=O)[C@@H]2C)c1. The molecule has 1 atom stereocenters. The number of hydrogen-bond acceptors (Lipinski definition) is 3. The van der Waals surface area contributed by atoms with E-state index in [4.69, 9.17) is 27.9 Å². The topological polar surface area (TPSA) is 32.8 Å². The molecule has 0 aliphatic carbocycles. The molecule has 6 heteroatoms. The maximum atomic E-state index is 12.8. The molecule has 0 bridgehead atoms. The second-order valence-electron chi connectivity index (χ2n) is 6.09. The van der Waals surface area contributed by atoms with Crippen molar-refractivity contribution in [2.24, 2.45) is 0 Å². The molecule has 1 heterocycles. The van der Waals surface area contributed by atoms with Gasteiger partial charge in [0, 0.05) is 25.3 Å². The number of amides is 1. The number of nitrogens with zero attached hydrogens (tertiary/aromatic N) is 2. The normalized spacial score (nSPS) is 18.5. The molecule has 1 saturated heterocycles. The van der Waals surface area contributed by atoms with Crippen LogP contribution in [0.15, 0.2) is 42.5 Å². The molecule has 0 N–H and O–H groups in total. The number of carbonyl (C=O) groups excluding carboxylic acids is 1. The van der Waals surface area contributed by atoms with Crippen molar-refractivity contribution in [1.82, 2.24) is 4.90 Å². The van der Waals surface area contributed by atoms with Gasteiger partial charge in [0.05, 0.1) is 23.2 Å². The first kappa shape index (κ1) is 18.1. The van der Waals surface area contributed by atoms with Crippen LogP contribution in [-0.2, 0) is 11.3 Å². The fourth-order valence-electron chi connectivity index (χ4n) is 3.04. The van der Waals surface area contributed by atoms with Crippen molar-refractivity contribution in [3.8, 4) is 5.75 Å². The molecule has 0 radical (unpaired) electrons. The Morgan fingerprint density at radius 2 is 1.92 bits per heavy atom. The van der Waals surface area contributed by atoms with E-state index in [1.165, 1.54) is 0 Å². The van der Waals surface area contributed by atoms with E-state index in [1.54, 1.807) is 24.1 Å². The van der Waals surface area contributed by atoms with Crippen LogP contribution in [0.2, 0.25) is 10.0 Å². The largest absolute Gasteiger partial charge is 0.497 e. The van der Waals surface area contributed by atoms with Gasteiger partial charge in [0.2, 0.25) is 5.91 Å². The quantitative estimate of drug-likeness (QED) is 0.797. The summed E-state index contributed by atoms with van der Waals surface area (Å²) < 4.78 is 5.27. The van der Waals surface area contributed by atoms with Crippen molar-refractivity contribution in [3.05, 3.63) is 58.1 Å². The third-order valence-corrected chi connectivity index (χ3v) is 5.26. The van der Waals surface area contributed by atoms with E-state index in [-0.39, 0.29) is 11.9 Å². The summed E-state index contributed by atoms with van der Waals surface area (Å²) in [5.41, 5.74) is 1.91. The highest BCUT2D eigenvalue weighted by Crippen LogP contribution is 2.29. The Kier molecular flexibility index (Phi) is 5.52. The summed E-state index contributed by atoms with van der Waals surface area (Å²) >= 11 is 12.1. The number of benzene rings is 2. The van der Waals surface area contributed by atoms with E-state index in [2.05, 4.69) is 4.90 Å². The zero-order valence-electron chi connectivity index (χ0n) is 14.2. The molecule has 1 amide bonds. The molecule has 0 aromatic heterocycles. The molecule has 2 aromatic rings. The van der Waals surface area contributed by atoms with Crippen LogP contribution in [0.5, 0.6) is 5.75 Å². The first-order valence-electron chi connectivity index (χ1n) is 8.13. The third kappa shape index (κ3) is 3.92. The molecule has 0 saturated carbocycles. The van der Waals surface area contributed by atoms with Crippen LogP contribution < -0.4 is 9.64 Å². The Morgan fingerprint density at radius 3 is 2.64 bits per heavy atom. The van der Waals surface area contributed by atoms with Crippen LogP contribution in [0.1, 0.15) is 12.5 Å². The monoisotopic (exact) mass is 378 g/mol. The molecule has 1 aliphatic heterocycles. The Balaban J connectivity index is 1.73. The lowest BCUT2D eigenvalue weighted by atomic mass is 10.1. The highest BCUT2D eigenvalue weighted by molar-refractivity contribution is 6.42. The van der Waals surface area contributed by atoms with Gasteiger partial charge in [-0.1, -0.05) is 35.3 Å². The molecule has 1 fully saturated rings. The molecule has 0 spiro atoms. The Hall–Kier alpha value is -1.75. The van der Waals surface area contributed by atoms with Crippen molar-refractivity contribution in [3.63, 3.8) is 0 Å². The van der Waals surface area contributed by atoms with E-state index < -0.39 is 0 Å². The summed E-state index contributed by atoms with van der Waals surface area (Å²) in [4.78, 5) is 16.8. The number of piperazine rings is 1. The summed E-state index contributed by atoms with van der Waals surface area (Å²) in [5.74, 6) is 0.887. The molecule has 4 nitrogen and oxygen atoms in total. The maximum Gasteiger partial charge on any atom is 0.244 e. The van der Waals surface area contributed by atoms with Crippen molar-refractivity contribution in [2.45, 2.75) is 19.5 Å². The van der Waals surface area contributed by atoms with E-state index in [9.17, 15) is 4.79 Å². The Morgan fingerprint density at radius 1 is 1.12 bits per heavy atom. The average molecular weight is 379 g/mol. The van der Waals surface area contributed by atoms with Gasteiger partial charge in [-0.05, 0) is 42.8 Å². The minimum absolute atomic E-state index is 0.0625. The van der Waals surface area contributed by atoms with Gasteiger partial charge in [-0.3, -0.25) is 9.69 Å². The van der Waals surface area contributed by atoms with Crippen molar-refractivity contribution < 1.29 is 9.53 Å². The van der Waals surface area contributed by atoms with Crippen LogP contribution >= 0.6 is 23.2 Å². The summed E-state index contributed by atoms with van der Waals surface area (Å²) in [6, 6.07) is 13.0. The van der Waals surface area contributed by atoms with Gasteiger partial charge in [-0.2, -0.15) is 0 Å². The molecular formula is C19H20Cl2N2O2. The lowest BCUT2D eigenvalue weighted by molar-refractivity contribution is -0.125.